The van der Waals surface area contributed by atoms with Crippen LogP contribution in [0, 0.1) is 10.1 Å². The first-order chi connectivity index (χ1) is 13.3. The molecule has 1 atom stereocenters. The fraction of sp³-hybridized carbons (Fsp3) is 0.444. The number of hydrogen-bond acceptors (Lipinski definition) is 7. The van der Waals surface area contributed by atoms with Gasteiger partial charge in [-0.1, -0.05) is 6.08 Å². The van der Waals surface area contributed by atoms with Crippen LogP contribution < -0.4 is 10.2 Å². The Morgan fingerprint density at radius 1 is 1.25 bits per heavy atom. The van der Waals surface area contributed by atoms with E-state index < -0.39 is 22.6 Å². The number of nitro benzene ring substituents is 1. The largest absolute Gasteiger partial charge is 0.493 e. The molecular weight excluding hydrogens is 370 g/mol. The highest BCUT2D eigenvalue weighted by Crippen LogP contribution is 2.23. The predicted molar refractivity (Wildman–Crippen MR) is 101 cm³/mol. The highest BCUT2D eigenvalue weighted by molar-refractivity contribution is 5.75. The molecule has 0 fully saturated rings. The maximum atomic E-state index is 12.3. The fourth-order valence-corrected chi connectivity index (χ4v) is 2.17. The van der Waals surface area contributed by atoms with Crippen molar-refractivity contribution in [3.05, 3.63) is 47.0 Å². The van der Waals surface area contributed by atoms with Crippen molar-refractivity contribution < 1.29 is 28.7 Å². The number of carbonyl (C=O) groups is 2. The molecule has 154 valence electrons. The summed E-state index contributed by atoms with van der Waals surface area (Å²) in [7, 11) is 0. The van der Waals surface area contributed by atoms with Crippen molar-refractivity contribution in [2.45, 2.75) is 32.7 Å². The minimum absolute atomic E-state index is 0.0459. The van der Waals surface area contributed by atoms with Gasteiger partial charge in [-0.15, -0.1) is 6.58 Å². The van der Waals surface area contributed by atoms with Crippen molar-refractivity contribution >= 4 is 17.9 Å². The molecule has 0 aromatic heterocycles. The molecule has 0 aliphatic heterocycles. The van der Waals surface area contributed by atoms with Gasteiger partial charge in [0.15, 0.2) is 0 Å². The normalized spacial score (nSPS) is 12.2. The second kappa shape index (κ2) is 10.8. The molecule has 0 radical (unpaired) electrons. The third-order valence-corrected chi connectivity index (χ3v) is 3.80. The number of nitrogens with one attached hydrogen (secondary N) is 1. The summed E-state index contributed by atoms with van der Waals surface area (Å²) in [5.41, 5.74) is 1.27. The van der Waals surface area contributed by atoms with Gasteiger partial charge >= 0.3 is 12.2 Å². The van der Waals surface area contributed by atoms with E-state index in [1.807, 2.05) is 0 Å². The molecule has 0 spiro atoms. The van der Waals surface area contributed by atoms with E-state index in [0.717, 1.165) is 5.01 Å². The average molecular weight is 395 g/mol. The van der Waals surface area contributed by atoms with Gasteiger partial charge in [-0.05, 0) is 32.9 Å². The number of carbonyl (C=O) groups excluding carboxylic acids is 2. The van der Waals surface area contributed by atoms with Gasteiger partial charge in [-0.2, -0.15) is 0 Å². The monoisotopic (exact) mass is 395 g/mol. The Morgan fingerprint density at radius 2 is 1.86 bits per heavy atom. The number of amides is 2. The number of hydrogen-bond donors (Lipinski definition) is 1. The molecule has 0 aliphatic carbocycles. The van der Waals surface area contributed by atoms with Crippen molar-refractivity contribution in [2.75, 3.05) is 19.8 Å². The van der Waals surface area contributed by atoms with Crippen LogP contribution in [0.5, 0.6) is 5.75 Å². The van der Waals surface area contributed by atoms with Gasteiger partial charge in [-0.25, -0.2) is 20.0 Å². The van der Waals surface area contributed by atoms with E-state index in [1.165, 1.54) is 30.3 Å². The molecule has 10 nitrogen and oxygen atoms in total. The molecular formula is C18H25N3O7. The molecule has 0 saturated heterocycles. The Bertz CT molecular complexity index is 693. The van der Waals surface area contributed by atoms with Gasteiger partial charge in [0.2, 0.25) is 0 Å². The summed E-state index contributed by atoms with van der Waals surface area (Å²) in [6.07, 6.45) is 0.154. The zero-order chi connectivity index (χ0) is 21.2. The molecule has 0 bridgehead atoms. The smallest absolute Gasteiger partial charge is 0.429 e. The summed E-state index contributed by atoms with van der Waals surface area (Å²) in [4.78, 5) is 34.3. The average Bonchev–Trinajstić information content (AvgIpc) is 2.66. The maximum Gasteiger partial charge on any atom is 0.429 e. The van der Waals surface area contributed by atoms with Crippen LogP contribution in [0.2, 0.25) is 0 Å². The van der Waals surface area contributed by atoms with Crippen LogP contribution >= 0.6 is 0 Å². The molecule has 1 rings (SSSR count). The lowest BCUT2D eigenvalue weighted by Crippen LogP contribution is -2.58. The number of non-ortho nitro benzene ring substituents is 1. The first kappa shape index (κ1) is 22.7. The zero-order valence-electron chi connectivity index (χ0n) is 16.2. The highest BCUT2D eigenvalue weighted by Gasteiger charge is 2.36. The zero-order valence-corrected chi connectivity index (χ0v) is 16.2. The number of ether oxygens (including phenoxy) is 3. The number of hydrazine groups is 1. The summed E-state index contributed by atoms with van der Waals surface area (Å²) in [6.45, 7) is 9.08. The molecule has 0 saturated carbocycles. The number of benzene rings is 1. The van der Waals surface area contributed by atoms with Crippen molar-refractivity contribution in [2.24, 2.45) is 0 Å². The second-order valence-corrected chi connectivity index (χ2v) is 5.78. The van der Waals surface area contributed by atoms with Crippen molar-refractivity contribution in [3.8, 4) is 5.75 Å². The van der Waals surface area contributed by atoms with Crippen LogP contribution in [0.1, 0.15) is 27.2 Å². The lowest BCUT2D eigenvalue weighted by molar-refractivity contribution is -0.384. The molecule has 0 aliphatic rings. The van der Waals surface area contributed by atoms with Crippen LogP contribution in [0.25, 0.3) is 0 Å². The quantitative estimate of drug-likeness (QED) is 0.386. The van der Waals surface area contributed by atoms with Crippen molar-refractivity contribution in [1.29, 1.82) is 0 Å². The molecule has 1 unspecified atom stereocenters. The third kappa shape index (κ3) is 6.45. The minimum Gasteiger partial charge on any atom is -0.493 e. The molecule has 1 N–H and O–H groups in total. The van der Waals surface area contributed by atoms with E-state index in [1.54, 1.807) is 20.8 Å². The molecule has 0 heterocycles. The fourth-order valence-electron chi connectivity index (χ4n) is 2.17. The van der Waals surface area contributed by atoms with Gasteiger partial charge in [-0.3, -0.25) is 10.1 Å². The molecule has 10 heteroatoms. The van der Waals surface area contributed by atoms with Crippen LogP contribution in [-0.2, 0) is 9.47 Å². The summed E-state index contributed by atoms with van der Waals surface area (Å²) in [5, 5.41) is 11.7. The molecule has 1 aromatic rings. The Kier molecular flexibility index (Phi) is 8.73. The van der Waals surface area contributed by atoms with Gasteiger partial charge in [0.25, 0.3) is 5.69 Å². The Labute approximate surface area is 163 Å². The van der Waals surface area contributed by atoms with Gasteiger partial charge in [0.1, 0.15) is 5.75 Å². The molecule has 2 amide bonds. The van der Waals surface area contributed by atoms with Crippen LogP contribution in [-0.4, -0.2) is 47.5 Å². The van der Waals surface area contributed by atoms with Crippen molar-refractivity contribution in [1.82, 2.24) is 10.4 Å². The second-order valence-electron chi connectivity index (χ2n) is 5.78. The predicted octanol–water partition coefficient (Wildman–Crippen LogP) is 3.43. The van der Waals surface area contributed by atoms with E-state index in [-0.39, 0.29) is 31.9 Å². The summed E-state index contributed by atoms with van der Waals surface area (Å²) < 4.78 is 15.4. The van der Waals surface area contributed by atoms with E-state index in [0.29, 0.717) is 5.75 Å². The molecule has 28 heavy (non-hydrogen) atoms. The van der Waals surface area contributed by atoms with E-state index in [9.17, 15) is 19.7 Å². The standard InChI is InChI=1S/C18H25N3O7/c1-5-18(4,20(17(23)27-7-3)19-16(22)26-6-2)12-13-28-15-10-8-14(9-11-15)21(24)25/h5,8-11H,1,6-7,12-13H2,2-4H3,(H,19,22). The highest BCUT2D eigenvalue weighted by atomic mass is 16.6. The van der Waals surface area contributed by atoms with Gasteiger partial charge < -0.3 is 14.2 Å². The lowest BCUT2D eigenvalue weighted by atomic mass is 9.98. The van der Waals surface area contributed by atoms with Crippen LogP contribution in [0.15, 0.2) is 36.9 Å². The Balaban J connectivity index is 2.83. The maximum absolute atomic E-state index is 12.3. The first-order valence-electron chi connectivity index (χ1n) is 8.68. The minimum atomic E-state index is -1.04. The van der Waals surface area contributed by atoms with Crippen molar-refractivity contribution in [3.63, 3.8) is 0 Å². The topological polar surface area (TPSA) is 120 Å². The SMILES string of the molecule is C=CC(C)(CCOc1ccc([N+](=O)[O-])cc1)N(NC(=O)OCC)C(=O)OCC. The summed E-state index contributed by atoms with van der Waals surface area (Å²) in [5.74, 6) is 0.429. The van der Waals surface area contributed by atoms with E-state index >= 15 is 0 Å². The van der Waals surface area contributed by atoms with E-state index in [2.05, 4.69) is 12.0 Å². The number of nitro groups is 1. The first-order valence-corrected chi connectivity index (χ1v) is 8.68. The van der Waals surface area contributed by atoms with Crippen LogP contribution in [0.3, 0.4) is 0 Å². The lowest BCUT2D eigenvalue weighted by Gasteiger charge is -2.37. The summed E-state index contributed by atoms with van der Waals surface area (Å²) >= 11 is 0. The van der Waals surface area contributed by atoms with Crippen LogP contribution in [0.4, 0.5) is 15.3 Å². The van der Waals surface area contributed by atoms with E-state index in [4.69, 9.17) is 14.2 Å². The Hall–Kier alpha value is -3.30. The third-order valence-electron chi connectivity index (χ3n) is 3.80. The molecule has 1 aromatic carbocycles. The number of rotatable bonds is 9. The Morgan fingerprint density at radius 3 is 2.36 bits per heavy atom. The van der Waals surface area contributed by atoms with Gasteiger partial charge in [0, 0.05) is 18.6 Å². The number of nitrogens with zero attached hydrogens (tertiary/aromatic N) is 2. The summed E-state index contributed by atoms with van der Waals surface area (Å²) in [6, 6.07) is 5.61. The van der Waals surface area contributed by atoms with Gasteiger partial charge in [0.05, 0.1) is 30.3 Å².